The molecule has 1 atom stereocenters. The Morgan fingerprint density at radius 1 is 0.757 bits per heavy atom. The minimum Gasteiger partial charge on any atom is -1.00 e. The number of carbonyl (C=O) groups is 1. The average molecular weight is 529 g/mol. The molecule has 2 aromatic rings. The van der Waals surface area contributed by atoms with Gasteiger partial charge in [0.15, 0.2) is 5.52 Å². The van der Waals surface area contributed by atoms with E-state index >= 15 is 0 Å². The van der Waals surface area contributed by atoms with Crippen molar-refractivity contribution in [3.8, 4) is 17.2 Å². The van der Waals surface area contributed by atoms with Crippen molar-refractivity contribution < 1.29 is 53.5 Å². The van der Waals surface area contributed by atoms with Crippen molar-refractivity contribution in [2.45, 2.75) is 40.0 Å². The van der Waals surface area contributed by atoms with E-state index in [1.54, 1.807) is 33.5 Å². The van der Waals surface area contributed by atoms with Gasteiger partial charge in [0.1, 0.15) is 37.1 Å². The number of rotatable bonds is 15. The van der Waals surface area contributed by atoms with Crippen LogP contribution in [0.15, 0.2) is 24.3 Å². The van der Waals surface area contributed by atoms with Crippen molar-refractivity contribution in [3.05, 3.63) is 46.5 Å². The maximum Gasteiger partial charge on any atom is 1.00 e. The third-order valence-corrected chi connectivity index (χ3v) is 6.77. The van der Waals surface area contributed by atoms with E-state index in [0.29, 0.717) is 62.2 Å². The summed E-state index contributed by atoms with van der Waals surface area (Å²) in [5.41, 5.74) is 3.94. The van der Waals surface area contributed by atoms with Crippen LogP contribution in [0, 0.1) is 13.8 Å². The largest absolute Gasteiger partial charge is 1.00 e. The molecule has 0 saturated carbocycles. The molecule has 0 bridgehead atoms. The molecule has 2 aromatic carbocycles. The van der Waals surface area contributed by atoms with Crippen molar-refractivity contribution in [1.29, 1.82) is 0 Å². The molecule has 0 N–H and O–H groups in total. The Balaban J connectivity index is 0.00000684. The van der Waals surface area contributed by atoms with Crippen molar-refractivity contribution in [1.82, 2.24) is 0 Å². The summed E-state index contributed by atoms with van der Waals surface area (Å²) in [6.07, 6.45) is 0. The monoisotopic (exact) mass is 528 g/mol. The van der Waals surface area contributed by atoms with Gasteiger partial charge >= 0.3 is 18.9 Å². The summed E-state index contributed by atoms with van der Waals surface area (Å²) in [5, 5.41) is 0.699. The molecule has 7 nitrogen and oxygen atoms in total. The van der Waals surface area contributed by atoms with E-state index in [0.717, 1.165) is 16.7 Å². The van der Waals surface area contributed by atoms with Gasteiger partial charge in [0, 0.05) is 39.0 Å². The van der Waals surface area contributed by atoms with Gasteiger partial charge in [0.05, 0.1) is 25.1 Å². The summed E-state index contributed by atoms with van der Waals surface area (Å²) in [5.74, 6) is 1.67. The van der Waals surface area contributed by atoms with Crippen LogP contribution in [0.4, 0.5) is 0 Å². The predicted molar refractivity (Wildman–Crippen MR) is 147 cm³/mol. The maximum absolute atomic E-state index is 13.7. The zero-order valence-electron chi connectivity index (χ0n) is 24.9. The zero-order chi connectivity index (χ0) is 26.7. The van der Waals surface area contributed by atoms with Crippen LogP contribution in [0.2, 0.25) is 0 Å². The van der Waals surface area contributed by atoms with E-state index < -0.39 is 0 Å². The molecule has 2 rings (SSSR count). The standard InChI is InChI=1S/C28H41O7P.Li.H/c1-19-15-21(28(3,4)5)16-20(2)25(19)27(29)36-26-23(34-13-10-31-7)17-22(33-12-9-30-6)18-24(26)35-14-11-32-8;;/h15-18,36H,9-14H2,1-8H3;;/q;+1;-1. The molecule has 0 aliphatic heterocycles. The van der Waals surface area contributed by atoms with Crippen LogP contribution in [0.25, 0.3) is 0 Å². The molecule has 0 saturated heterocycles. The summed E-state index contributed by atoms with van der Waals surface area (Å²) in [4.78, 5) is 13.7. The smallest absolute Gasteiger partial charge is 1.00 e. The van der Waals surface area contributed by atoms with Gasteiger partial charge in [-0.05, 0) is 44.5 Å². The Morgan fingerprint density at radius 3 is 1.59 bits per heavy atom. The van der Waals surface area contributed by atoms with Gasteiger partial charge in [0.25, 0.3) is 0 Å². The second kappa shape index (κ2) is 16.4. The van der Waals surface area contributed by atoms with Crippen molar-refractivity contribution >= 4 is 19.4 Å². The molecule has 0 radical (unpaired) electrons. The number of hydrogen-bond acceptors (Lipinski definition) is 7. The molecular weight excluding hydrogens is 486 g/mol. The Bertz CT molecular complexity index is 957. The number of hydrogen-bond donors (Lipinski definition) is 0. The number of benzene rings is 2. The maximum atomic E-state index is 13.7. The molecule has 0 aliphatic carbocycles. The van der Waals surface area contributed by atoms with E-state index in [1.165, 1.54) is 5.56 Å². The SMILES string of the molecule is COCCOc1cc(OCCOC)c(PC(=O)c2c(C)cc(C(C)(C)C)cc2C)c(OCCOC)c1.[H-].[Li+]. The molecule has 0 heterocycles. The summed E-state index contributed by atoms with van der Waals surface area (Å²) in [7, 11) is 4.66. The van der Waals surface area contributed by atoms with Crippen LogP contribution in [-0.4, -0.2) is 66.5 Å². The Kier molecular flexibility index (Phi) is 14.8. The number of ether oxygens (including phenoxy) is 6. The summed E-state index contributed by atoms with van der Waals surface area (Å²) in [6, 6.07) is 7.83. The first kappa shape index (κ1) is 33.4. The molecular formula is C28H42LiO7P. The number of methoxy groups -OCH3 is 3. The Labute approximate surface area is 237 Å². The van der Waals surface area contributed by atoms with Crippen LogP contribution in [0.5, 0.6) is 17.2 Å². The van der Waals surface area contributed by atoms with Gasteiger partial charge in [-0.25, -0.2) is 0 Å². The Morgan fingerprint density at radius 2 is 1.19 bits per heavy atom. The molecule has 0 amide bonds. The fourth-order valence-electron chi connectivity index (χ4n) is 3.64. The molecule has 202 valence electrons. The average Bonchev–Trinajstić information content (AvgIpc) is 2.80. The van der Waals surface area contributed by atoms with Gasteiger partial charge in [-0.1, -0.05) is 32.9 Å². The van der Waals surface area contributed by atoms with Crippen molar-refractivity contribution in [2.75, 3.05) is 61.0 Å². The minimum absolute atomic E-state index is 0. The third kappa shape index (κ3) is 10.2. The summed E-state index contributed by atoms with van der Waals surface area (Å²) in [6.45, 7) is 12.8. The van der Waals surface area contributed by atoms with E-state index in [9.17, 15) is 4.79 Å². The first-order valence-electron chi connectivity index (χ1n) is 12.1. The van der Waals surface area contributed by atoms with Gasteiger partial charge in [-0.2, -0.15) is 0 Å². The van der Waals surface area contributed by atoms with E-state index in [-0.39, 0.29) is 39.8 Å². The quantitative estimate of drug-likeness (QED) is 0.199. The molecule has 0 fully saturated rings. The molecule has 9 heteroatoms. The molecule has 1 unspecified atom stereocenters. The van der Waals surface area contributed by atoms with Crippen LogP contribution < -0.4 is 38.4 Å². The van der Waals surface area contributed by atoms with Gasteiger partial charge in [0.2, 0.25) is 0 Å². The molecule has 37 heavy (non-hydrogen) atoms. The van der Waals surface area contributed by atoms with E-state index in [4.69, 9.17) is 28.4 Å². The second-order valence-corrected chi connectivity index (χ2v) is 10.7. The number of aryl methyl sites for hydroxylation is 2. The third-order valence-electron chi connectivity index (χ3n) is 5.55. The predicted octanol–water partition coefficient (Wildman–Crippen LogP) is 1.94. The summed E-state index contributed by atoms with van der Waals surface area (Å²) >= 11 is 0. The zero-order valence-corrected chi connectivity index (χ0v) is 24.9. The van der Waals surface area contributed by atoms with Crippen LogP contribution in [-0.2, 0) is 19.6 Å². The van der Waals surface area contributed by atoms with Gasteiger partial charge in [-0.15, -0.1) is 0 Å². The molecule has 0 aromatic heterocycles. The van der Waals surface area contributed by atoms with Crippen LogP contribution >= 0.6 is 8.58 Å². The van der Waals surface area contributed by atoms with Crippen LogP contribution in [0.3, 0.4) is 0 Å². The normalized spacial score (nSPS) is 11.5. The van der Waals surface area contributed by atoms with E-state index in [2.05, 4.69) is 32.9 Å². The van der Waals surface area contributed by atoms with Gasteiger partial charge < -0.3 is 29.8 Å². The molecule has 0 aliphatic rings. The first-order valence-corrected chi connectivity index (χ1v) is 13.1. The molecule has 0 spiro atoms. The van der Waals surface area contributed by atoms with Crippen LogP contribution in [0.1, 0.15) is 49.2 Å². The fraction of sp³-hybridized carbons (Fsp3) is 0.536. The number of carbonyl (C=O) groups excluding carboxylic acids is 1. The Hall–Kier alpha value is -1.58. The first-order chi connectivity index (χ1) is 17.1. The fourth-order valence-corrected chi connectivity index (χ4v) is 4.93. The second-order valence-electron chi connectivity index (χ2n) is 9.51. The summed E-state index contributed by atoms with van der Waals surface area (Å²) < 4.78 is 33.3. The minimum atomic E-state index is -0.199. The van der Waals surface area contributed by atoms with Crippen molar-refractivity contribution in [2.24, 2.45) is 0 Å². The van der Waals surface area contributed by atoms with Gasteiger partial charge in [-0.3, -0.25) is 4.79 Å². The topological polar surface area (TPSA) is 72.5 Å². The van der Waals surface area contributed by atoms with E-state index in [1.807, 2.05) is 13.8 Å². The van der Waals surface area contributed by atoms with Crippen molar-refractivity contribution in [3.63, 3.8) is 0 Å².